The molecule has 1 fully saturated rings. The van der Waals surface area contributed by atoms with Crippen LogP contribution in [0.5, 0.6) is 17.2 Å². The molecule has 0 atom stereocenters. The van der Waals surface area contributed by atoms with Crippen LogP contribution >= 0.6 is 0 Å². The van der Waals surface area contributed by atoms with E-state index in [0.717, 1.165) is 73.1 Å². The van der Waals surface area contributed by atoms with Crippen molar-refractivity contribution in [1.29, 1.82) is 0 Å². The average molecular weight is 496 g/mol. The number of carbonyl (C=O) groups excluding carboxylic acids is 1. The van der Waals surface area contributed by atoms with Crippen LogP contribution in [0.25, 0.3) is 28.2 Å². The summed E-state index contributed by atoms with van der Waals surface area (Å²) in [6.07, 6.45) is 1.77. The second-order valence-corrected chi connectivity index (χ2v) is 9.72. The monoisotopic (exact) mass is 495 g/mol. The molecular weight excluding hydrogens is 466 g/mol. The highest BCUT2D eigenvalue weighted by Crippen LogP contribution is 2.42. The zero-order valence-electron chi connectivity index (χ0n) is 20.7. The van der Waals surface area contributed by atoms with Crippen LogP contribution in [0.1, 0.15) is 15.9 Å². The van der Waals surface area contributed by atoms with E-state index in [2.05, 4.69) is 45.7 Å². The zero-order chi connectivity index (χ0) is 25.5. The van der Waals surface area contributed by atoms with Gasteiger partial charge in [-0.1, -0.05) is 48.5 Å². The fourth-order valence-electron chi connectivity index (χ4n) is 5.34. The molecule has 0 saturated carbocycles. The Kier molecular flexibility index (Phi) is 5.94. The Labute approximate surface area is 215 Å². The number of aromatic hydroxyl groups is 2. The lowest BCUT2D eigenvalue weighted by Gasteiger charge is -2.32. The number of benzene rings is 3. The number of nitrogens with zero attached hydrogens (tertiary/aromatic N) is 3. The van der Waals surface area contributed by atoms with Crippen molar-refractivity contribution in [3.63, 3.8) is 0 Å². The SMILES string of the molecule is CN1CCN(CCn2c(-c3ccccc3)c(C=C3Oc4cc(O)cc(O)c4C3=O)c3ccccc32)CC1. The fraction of sp³-hybridized carbons (Fsp3) is 0.233. The highest BCUT2D eigenvalue weighted by Gasteiger charge is 2.32. The van der Waals surface area contributed by atoms with Crippen LogP contribution in [-0.2, 0) is 6.54 Å². The number of piperazine rings is 1. The molecule has 3 aromatic carbocycles. The molecule has 3 heterocycles. The molecule has 7 heteroatoms. The molecule has 2 aliphatic rings. The molecule has 2 N–H and O–H groups in total. The minimum absolute atomic E-state index is 0.0733. The van der Waals surface area contributed by atoms with E-state index in [9.17, 15) is 15.0 Å². The summed E-state index contributed by atoms with van der Waals surface area (Å²) in [5.41, 5.74) is 4.12. The number of para-hydroxylation sites is 1. The van der Waals surface area contributed by atoms with Gasteiger partial charge < -0.3 is 24.4 Å². The molecule has 7 nitrogen and oxygen atoms in total. The van der Waals surface area contributed by atoms with E-state index in [1.54, 1.807) is 6.08 Å². The number of ketones is 1. The number of rotatable bonds is 5. The summed E-state index contributed by atoms with van der Waals surface area (Å²) in [7, 11) is 2.16. The first-order chi connectivity index (χ1) is 18.0. The molecule has 0 spiro atoms. The van der Waals surface area contributed by atoms with Crippen molar-refractivity contribution in [3.8, 4) is 28.5 Å². The maximum absolute atomic E-state index is 13.2. The van der Waals surface area contributed by atoms with Gasteiger partial charge in [0.2, 0.25) is 5.78 Å². The number of carbonyl (C=O) groups is 1. The first kappa shape index (κ1) is 23.3. The van der Waals surface area contributed by atoms with E-state index >= 15 is 0 Å². The molecular formula is C30H29N3O4. The fourth-order valence-corrected chi connectivity index (χ4v) is 5.34. The molecule has 6 rings (SSSR count). The maximum atomic E-state index is 13.2. The number of phenols is 2. The lowest BCUT2D eigenvalue weighted by Crippen LogP contribution is -2.45. The third-order valence-electron chi connectivity index (χ3n) is 7.31. The lowest BCUT2D eigenvalue weighted by molar-refractivity contribution is 0.101. The lowest BCUT2D eigenvalue weighted by atomic mass is 10.0. The van der Waals surface area contributed by atoms with E-state index in [0.29, 0.717) is 0 Å². The summed E-state index contributed by atoms with van der Waals surface area (Å²) in [6.45, 7) is 5.96. The molecule has 1 saturated heterocycles. The van der Waals surface area contributed by atoms with Crippen LogP contribution in [0, 0.1) is 0 Å². The van der Waals surface area contributed by atoms with Crippen molar-refractivity contribution in [2.75, 3.05) is 39.8 Å². The molecule has 0 unspecified atom stereocenters. The smallest absolute Gasteiger partial charge is 0.235 e. The van der Waals surface area contributed by atoms with E-state index in [1.807, 2.05) is 30.3 Å². The predicted molar refractivity (Wildman–Crippen MR) is 144 cm³/mol. The molecule has 1 aromatic heterocycles. The number of phenolic OH excluding ortho intramolecular Hbond substituents is 2. The summed E-state index contributed by atoms with van der Waals surface area (Å²) in [6, 6.07) is 20.9. The third kappa shape index (κ3) is 4.26. The minimum atomic E-state index is -0.402. The van der Waals surface area contributed by atoms with Gasteiger partial charge in [-0.15, -0.1) is 0 Å². The maximum Gasteiger partial charge on any atom is 0.235 e. The van der Waals surface area contributed by atoms with Crippen molar-refractivity contribution < 1.29 is 19.7 Å². The van der Waals surface area contributed by atoms with Gasteiger partial charge in [0, 0.05) is 67.9 Å². The molecule has 188 valence electrons. The summed E-state index contributed by atoms with van der Waals surface area (Å²) in [5, 5.41) is 21.2. The predicted octanol–water partition coefficient (Wildman–Crippen LogP) is 4.58. The van der Waals surface area contributed by atoms with Crippen LogP contribution in [0.4, 0.5) is 0 Å². The quantitative estimate of drug-likeness (QED) is 0.395. The number of hydrogen-bond acceptors (Lipinski definition) is 6. The van der Waals surface area contributed by atoms with Crippen molar-refractivity contribution in [2.45, 2.75) is 6.54 Å². The van der Waals surface area contributed by atoms with Crippen molar-refractivity contribution in [1.82, 2.24) is 14.4 Å². The molecule has 37 heavy (non-hydrogen) atoms. The Hall–Kier alpha value is -4.07. The minimum Gasteiger partial charge on any atom is -0.508 e. The standard InChI is InChI=1S/C30H29N3O4/c1-31-11-13-32(14-12-31)15-16-33-24-10-6-5-9-22(24)23(29(33)20-7-3-2-4-8-20)19-27-30(36)28-25(35)17-21(34)18-26(28)37-27/h2-10,17-19,34-35H,11-16H2,1H3. The van der Waals surface area contributed by atoms with Gasteiger partial charge in [0.1, 0.15) is 22.8 Å². The van der Waals surface area contributed by atoms with Gasteiger partial charge in [0.25, 0.3) is 0 Å². The van der Waals surface area contributed by atoms with Crippen molar-refractivity contribution in [2.24, 2.45) is 0 Å². The normalized spacial score (nSPS) is 17.4. The zero-order valence-corrected chi connectivity index (χ0v) is 20.7. The van der Waals surface area contributed by atoms with Gasteiger partial charge in [-0.3, -0.25) is 9.69 Å². The summed E-state index contributed by atoms with van der Waals surface area (Å²) in [4.78, 5) is 18.1. The Morgan fingerprint density at radius 3 is 2.43 bits per heavy atom. The number of aromatic nitrogens is 1. The Morgan fingerprint density at radius 1 is 0.919 bits per heavy atom. The third-order valence-corrected chi connectivity index (χ3v) is 7.31. The molecule has 0 amide bonds. The van der Waals surface area contributed by atoms with Gasteiger partial charge in [-0.25, -0.2) is 0 Å². The van der Waals surface area contributed by atoms with Crippen LogP contribution in [0.2, 0.25) is 0 Å². The van der Waals surface area contributed by atoms with Crippen LogP contribution in [0.15, 0.2) is 72.5 Å². The van der Waals surface area contributed by atoms with Crippen LogP contribution < -0.4 is 4.74 Å². The van der Waals surface area contributed by atoms with Crippen LogP contribution in [-0.4, -0.2) is 70.1 Å². The first-order valence-corrected chi connectivity index (χ1v) is 12.6. The topological polar surface area (TPSA) is 78.2 Å². The van der Waals surface area contributed by atoms with Gasteiger partial charge in [0.15, 0.2) is 5.76 Å². The van der Waals surface area contributed by atoms with Crippen molar-refractivity contribution in [3.05, 3.63) is 83.6 Å². The Morgan fingerprint density at radius 2 is 1.65 bits per heavy atom. The summed E-state index contributed by atoms with van der Waals surface area (Å²) in [5.74, 6) is -0.568. The van der Waals surface area contributed by atoms with Gasteiger partial charge in [0.05, 0.1) is 5.69 Å². The number of ether oxygens (including phenoxy) is 1. The summed E-state index contributed by atoms with van der Waals surface area (Å²) < 4.78 is 8.21. The van der Waals surface area contributed by atoms with E-state index in [1.165, 1.54) is 6.07 Å². The van der Waals surface area contributed by atoms with Gasteiger partial charge in [-0.05, 0) is 24.8 Å². The average Bonchev–Trinajstić information content (AvgIpc) is 3.38. The van der Waals surface area contributed by atoms with Crippen molar-refractivity contribution >= 4 is 22.8 Å². The van der Waals surface area contributed by atoms with Crippen LogP contribution in [0.3, 0.4) is 0 Å². The van der Waals surface area contributed by atoms with E-state index in [4.69, 9.17) is 4.74 Å². The molecule has 4 aromatic rings. The molecule has 0 radical (unpaired) electrons. The van der Waals surface area contributed by atoms with E-state index < -0.39 is 5.78 Å². The second kappa shape index (κ2) is 9.42. The van der Waals surface area contributed by atoms with E-state index in [-0.39, 0.29) is 28.6 Å². The number of allylic oxidation sites excluding steroid dienone is 1. The molecule has 0 bridgehead atoms. The Bertz CT molecular complexity index is 1520. The first-order valence-electron chi connectivity index (χ1n) is 12.6. The van der Waals surface area contributed by atoms with Gasteiger partial charge in [-0.2, -0.15) is 0 Å². The van der Waals surface area contributed by atoms with Gasteiger partial charge >= 0.3 is 0 Å². The highest BCUT2D eigenvalue weighted by molar-refractivity contribution is 6.17. The second-order valence-electron chi connectivity index (χ2n) is 9.72. The number of fused-ring (bicyclic) bond motifs is 2. The molecule has 0 aliphatic carbocycles. The Balaban J connectivity index is 1.47. The number of Topliss-reactive ketones (excluding diaryl/α,β-unsaturated/α-hetero) is 1. The largest absolute Gasteiger partial charge is 0.508 e. The number of hydrogen-bond donors (Lipinski definition) is 2. The summed E-state index contributed by atoms with van der Waals surface area (Å²) >= 11 is 0. The highest BCUT2D eigenvalue weighted by atomic mass is 16.5. The number of likely N-dealkylation sites (N-methyl/N-ethyl adjacent to an activating group) is 1. The molecule has 2 aliphatic heterocycles.